The molecule has 2 amide bonds. The number of hydrogen-bond donors (Lipinski definition) is 4. The van der Waals surface area contributed by atoms with Crippen molar-refractivity contribution in [2.24, 2.45) is 11.5 Å². The predicted octanol–water partition coefficient (Wildman–Crippen LogP) is 1.43. The number of carbonyl (C=O) groups is 2. The standard InChI is InChI=1S/2C13H18N2O3/c2*14-11-6-7-15(8-12(11)16)13(17)18-9-10-4-2-1-3-5-10/h2*1-5,11-12,16H,6-9,14H2/t2*11-,12-/m10/s1. The molecule has 2 aromatic carbocycles. The number of nitrogens with zero attached hydrogens (tertiary/aromatic N) is 2. The first-order valence-electron chi connectivity index (χ1n) is 12.1. The first-order chi connectivity index (χ1) is 17.3. The third kappa shape index (κ3) is 8.49. The molecular formula is C26H36N4O6. The van der Waals surface area contributed by atoms with Crippen molar-refractivity contribution in [1.29, 1.82) is 0 Å². The van der Waals surface area contributed by atoms with E-state index in [0.29, 0.717) is 25.9 Å². The van der Waals surface area contributed by atoms with E-state index >= 15 is 0 Å². The molecule has 2 saturated heterocycles. The number of amides is 2. The Morgan fingerprint density at radius 2 is 1.08 bits per heavy atom. The number of β-amino-alcohol motifs (C(OH)–C–C–N with tert-alkyl or cyclic N) is 2. The molecule has 4 atom stereocenters. The van der Waals surface area contributed by atoms with E-state index in [1.165, 1.54) is 9.80 Å². The van der Waals surface area contributed by atoms with Crippen molar-refractivity contribution in [2.45, 2.75) is 50.3 Å². The summed E-state index contributed by atoms with van der Waals surface area (Å²) in [6, 6.07) is 18.5. The summed E-state index contributed by atoms with van der Waals surface area (Å²) in [7, 11) is 0. The summed E-state index contributed by atoms with van der Waals surface area (Å²) in [4.78, 5) is 26.5. The van der Waals surface area contributed by atoms with Gasteiger partial charge in [-0.15, -0.1) is 0 Å². The average molecular weight is 501 g/mol. The fourth-order valence-corrected chi connectivity index (χ4v) is 3.85. The molecule has 6 N–H and O–H groups in total. The van der Waals surface area contributed by atoms with Crippen LogP contribution in [0.1, 0.15) is 24.0 Å². The number of benzene rings is 2. The molecule has 0 radical (unpaired) electrons. The third-order valence-corrected chi connectivity index (χ3v) is 6.19. The predicted molar refractivity (Wildman–Crippen MR) is 134 cm³/mol. The Balaban J connectivity index is 0.000000201. The second-order valence-corrected chi connectivity index (χ2v) is 9.01. The molecule has 2 heterocycles. The van der Waals surface area contributed by atoms with Gasteiger partial charge in [0.25, 0.3) is 0 Å². The number of ether oxygens (including phenoxy) is 2. The Morgan fingerprint density at radius 1 is 0.722 bits per heavy atom. The zero-order chi connectivity index (χ0) is 25.9. The van der Waals surface area contributed by atoms with Crippen molar-refractivity contribution >= 4 is 12.2 Å². The minimum atomic E-state index is -0.664. The maximum Gasteiger partial charge on any atom is 0.410 e. The lowest BCUT2D eigenvalue weighted by atomic mass is 10.0. The maximum absolute atomic E-state index is 11.8. The van der Waals surface area contributed by atoms with Gasteiger partial charge in [-0.1, -0.05) is 60.7 Å². The Morgan fingerprint density at radius 3 is 1.42 bits per heavy atom. The molecule has 10 nitrogen and oxygen atoms in total. The van der Waals surface area contributed by atoms with E-state index in [-0.39, 0.29) is 38.4 Å². The number of likely N-dealkylation sites (tertiary alicyclic amines) is 2. The molecule has 0 bridgehead atoms. The van der Waals surface area contributed by atoms with E-state index in [0.717, 1.165) is 11.1 Å². The average Bonchev–Trinajstić information content (AvgIpc) is 2.90. The van der Waals surface area contributed by atoms with E-state index in [2.05, 4.69) is 0 Å². The molecule has 0 aromatic heterocycles. The highest BCUT2D eigenvalue weighted by Crippen LogP contribution is 2.13. The first kappa shape index (κ1) is 27.4. The van der Waals surface area contributed by atoms with Gasteiger partial charge in [-0.3, -0.25) is 0 Å². The van der Waals surface area contributed by atoms with Crippen LogP contribution in [0.5, 0.6) is 0 Å². The topological polar surface area (TPSA) is 152 Å². The van der Waals surface area contributed by atoms with Crippen molar-refractivity contribution in [3.63, 3.8) is 0 Å². The van der Waals surface area contributed by atoms with Crippen LogP contribution in [0.3, 0.4) is 0 Å². The van der Waals surface area contributed by atoms with Gasteiger partial charge in [-0.25, -0.2) is 9.59 Å². The summed E-state index contributed by atoms with van der Waals surface area (Å²) < 4.78 is 10.4. The van der Waals surface area contributed by atoms with Crippen LogP contribution in [-0.2, 0) is 22.7 Å². The number of piperidine rings is 2. The van der Waals surface area contributed by atoms with Crippen molar-refractivity contribution in [2.75, 3.05) is 26.2 Å². The molecule has 10 heteroatoms. The molecule has 2 aromatic rings. The van der Waals surface area contributed by atoms with Gasteiger partial charge in [-0.2, -0.15) is 0 Å². The third-order valence-electron chi connectivity index (χ3n) is 6.19. The molecule has 0 spiro atoms. The first-order valence-corrected chi connectivity index (χ1v) is 12.1. The Hall–Kier alpha value is -3.18. The van der Waals surface area contributed by atoms with E-state index in [9.17, 15) is 19.8 Å². The van der Waals surface area contributed by atoms with Gasteiger partial charge in [0, 0.05) is 25.2 Å². The van der Waals surface area contributed by atoms with Crippen LogP contribution in [0.2, 0.25) is 0 Å². The Labute approximate surface area is 211 Å². The lowest BCUT2D eigenvalue weighted by Crippen LogP contribution is -2.52. The molecule has 0 aliphatic carbocycles. The zero-order valence-electron chi connectivity index (χ0n) is 20.3. The number of rotatable bonds is 4. The second-order valence-electron chi connectivity index (χ2n) is 9.01. The van der Waals surface area contributed by atoms with Gasteiger partial charge < -0.3 is 41.0 Å². The Kier molecular flexibility index (Phi) is 10.5. The lowest BCUT2D eigenvalue weighted by molar-refractivity contribution is 0.0359. The number of aliphatic hydroxyl groups excluding tert-OH is 2. The number of carbonyl (C=O) groups excluding carboxylic acids is 2. The van der Waals surface area contributed by atoms with E-state index in [4.69, 9.17) is 20.9 Å². The highest BCUT2D eigenvalue weighted by Gasteiger charge is 2.29. The second kappa shape index (κ2) is 13.8. The summed E-state index contributed by atoms with van der Waals surface area (Å²) in [5.74, 6) is 0. The summed E-state index contributed by atoms with van der Waals surface area (Å²) >= 11 is 0. The summed E-state index contributed by atoms with van der Waals surface area (Å²) in [5.41, 5.74) is 13.2. The van der Waals surface area contributed by atoms with E-state index in [1.807, 2.05) is 60.7 Å². The molecule has 36 heavy (non-hydrogen) atoms. The quantitative estimate of drug-likeness (QED) is 0.492. The van der Waals surface area contributed by atoms with Crippen LogP contribution in [0.25, 0.3) is 0 Å². The summed E-state index contributed by atoms with van der Waals surface area (Å²) in [6.07, 6.45) is -0.927. The van der Waals surface area contributed by atoms with Gasteiger partial charge in [0.2, 0.25) is 0 Å². The number of aliphatic hydroxyl groups is 2. The van der Waals surface area contributed by atoms with E-state index in [1.54, 1.807) is 0 Å². The molecule has 2 fully saturated rings. The molecule has 0 unspecified atom stereocenters. The minimum absolute atomic E-state index is 0.245. The van der Waals surface area contributed by atoms with Gasteiger partial charge in [0.1, 0.15) is 13.2 Å². The summed E-state index contributed by atoms with van der Waals surface area (Å²) in [6.45, 7) is 2.05. The van der Waals surface area contributed by atoms with Crippen LogP contribution in [0.4, 0.5) is 9.59 Å². The van der Waals surface area contributed by atoms with Crippen molar-refractivity contribution in [3.05, 3.63) is 71.8 Å². The lowest BCUT2D eigenvalue weighted by Gasteiger charge is -2.33. The van der Waals surface area contributed by atoms with Crippen LogP contribution >= 0.6 is 0 Å². The molecule has 0 saturated carbocycles. The van der Waals surface area contributed by atoms with Gasteiger partial charge in [-0.05, 0) is 24.0 Å². The fourth-order valence-electron chi connectivity index (χ4n) is 3.85. The van der Waals surface area contributed by atoms with Crippen LogP contribution in [0.15, 0.2) is 60.7 Å². The molecule has 2 aliphatic heterocycles. The largest absolute Gasteiger partial charge is 0.445 e. The van der Waals surface area contributed by atoms with Gasteiger partial charge in [0.15, 0.2) is 0 Å². The van der Waals surface area contributed by atoms with Crippen LogP contribution in [0, 0.1) is 0 Å². The number of nitrogens with two attached hydrogens (primary N) is 2. The molecular weight excluding hydrogens is 464 g/mol. The fraction of sp³-hybridized carbons (Fsp3) is 0.462. The molecule has 4 rings (SSSR count). The minimum Gasteiger partial charge on any atom is -0.445 e. The number of hydrogen-bond acceptors (Lipinski definition) is 8. The van der Waals surface area contributed by atoms with Crippen molar-refractivity contribution in [3.8, 4) is 0 Å². The smallest absolute Gasteiger partial charge is 0.410 e. The van der Waals surface area contributed by atoms with Crippen molar-refractivity contribution in [1.82, 2.24) is 9.80 Å². The SMILES string of the molecule is N[C@@H]1CCN(C(=O)OCc2ccccc2)C[C@H]1O.N[C@H]1CCN(C(=O)OCc2ccccc2)C[C@@H]1O. The van der Waals surface area contributed by atoms with Gasteiger partial charge in [0.05, 0.1) is 25.3 Å². The molecule has 2 aliphatic rings. The monoisotopic (exact) mass is 500 g/mol. The molecule has 196 valence electrons. The van der Waals surface area contributed by atoms with Gasteiger partial charge >= 0.3 is 12.2 Å². The van der Waals surface area contributed by atoms with E-state index < -0.39 is 24.4 Å². The maximum atomic E-state index is 11.8. The van der Waals surface area contributed by atoms with Crippen molar-refractivity contribution < 1.29 is 29.3 Å². The van der Waals surface area contributed by atoms with Crippen LogP contribution < -0.4 is 11.5 Å². The highest BCUT2D eigenvalue weighted by atomic mass is 16.6. The zero-order valence-corrected chi connectivity index (χ0v) is 20.3. The normalized spacial score (nSPS) is 23.8. The highest BCUT2D eigenvalue weighted by molar-refractivity contribution is 5.68. The van der Waals surface area contributed by atoms with Crippen LogP contribution in [-0.4, -0.2) is 82.7 Å². The summed E-state index contributed by atoms with van der Waals surface area (Å²) in [5, 5.41) is 19.2. The Bertz CT molecular complexity index is 870.